The molecule has 0 bridgehead atoms. The zero-order valence-electron chi connectivity index (χ0n) is 20.9. The summed E-state index contributed by atoms with van der Waals surface area (Å²) in [5, 5.41) is 12.7. The van der Waals surface area contributed by atoms with Gasteiger partial charge in [0.15, 0.2) is 11.6 Å². The molecule has 5 rings (SSSR count). The van der Waals surface area contributed by atoms with Crippen LogP contribution in [0.1, 0.15) is 81.9 Å². The molecule has 3 aliphatic rings. The van der Waals surface area contributed by atoms with Gasteiger partial charge in [-0.25, -0.2) is 9.18 Å². The summed E-state index contributed by atoms with van der Waals surface area (Å²) < 4.78 is 20.6. The molecule has 3 amide bonds. The second-order valence-corrected chi connectivity index (χ2v) is 11.0. The highest BCUT2D eigenvalue weighted by Crippen LogP contribution is 2.38. The van der Waals surface area contributed by atoms with Crippen molar-refractivity contribution in [3.05, 3.63) is 40.3 Å². The van der Waals surface area contributed by atoms with E-state index in [0.29, 0.717) is 37.2 Å². The van der Waals surface area contributed by atoms with Crippen molar-refractivity contribution in [1.29, 1.82) is 0 Å². The summed E-state index contributed by atoms with van der Waals surface area (Å²) in [6, 6.07) is 4.86. The average Bonchev–Trinajstić information content (AvgIpc) is 3.26. The molecule has 37 heavy (non-hydrogen) atoms. The molecular formula is C26H31ClFN5O4. The summed E-state index contributed by atoms with van der Waals surface area (Å²) in [7, 11) is 0. The van der Waals surface area contributed by atoms with Crippen LogP contribution in [0, 0.1) is 5.82 Å². The summed E-state index contributed by atoms with van der Waals surface area (Å²) in [6.07, 6.45) is 4.75. The first-order chi connectivity index (χ1) is 17.6. The minimum atomic E-state index is -0.749. The van der Waals surface area contributed by atoms with E-state index in [4.69, 9.17) is 16.3 Å². The number of anilines is 2. The normalized spacial score (nSPS) is 23.1. The Hall–Kier alpha value is -3.14. The lowest BCUT2D eigenvalue weighted by Crippen LogP contribution is -2.36. The van der Waals surface area contributed by atoms with E-state index in [2.05, 4.69) is 20.8 Å². The summed E-state index contributed by atoms with van der Waals surface area (Å²) in [6.45, 7) is 4.09. The van der Waals surface area contributed by atoms with Crippen LogP contribution in [0.25, 0.3) is 0 Å². The van der Waals surface area contributed by atoms with Crippen LogP contribution in [0.4, 0.5) is 20.7 Å². The molecule has 0 spiro atoms. The zero-order chi connectivity index (χ0) is 26.3. The largest absolute Gasteiger partial charge is 0.446 e. The number of rotatable bonds is 7. The highest BCUT2D eigenvalue weighted by atomic mass is 35.5. The predicted octanol–water partition coefficient (Wildman–Crippen LogP) is 4.99. The van der Waals surface area contributed by atoms with Gasteiger partial charge < -0.3 is 20.3 Å². The Morgan fingerprint density at radius 2 is 2.11 bits per heavy atom. The first kappa shape index (κ1) is 25.5. The summed E-state index contributed by atoms with van der Waals surface area (Å²) in [4.78, 5) is 38.4. The number of carbonyl (C=O) groups excluding carboxylic acids is 3. The van der Waals surface area contributed by atoms with Crippen LogP contribution in [0.5, 0.6) is 0 Å². The standard InChI is InChI=1S/C26H31ClFN5O4/c1-14(17-7-8-19(23(28)22(17)27)33-11-3-4-21(33)34)24(35)29-20-13-18(31-32-20)15-5-6-16(12-15)37-25(36)30-26(2)9-10-26/h7-8,13-16H,3-6,9-12H2,1-2H3,(H,30,36)(H2,29,31,32,35)/t14?,15-,16+/m0/s1. The fourth-order valence-corrected chi connectivity index (χ4v) is 5.38. The maximum Gasteiger partial charge on any atom is 0.407 e. The van der Waals surface area contributed by atoms with Gasteiger partial charge in [-0.3, -0.25) is 14.7 Å². The van der Waals surface area contributed by atoms with Crippen molar-refractivity contribution < 1.29 is 23.5 Å². The minimum Gasteiger partial charge on any atom is -0.446 e. The third kappa shape index (κ3) is 5.44. The Kier molecular flexibility index (Phi) is 6.87. The van der Waals surface area contributed by atoms with Crippen molar-refractivity contribution in [3.63, 3.8) is 0 Å². The summed E-state index contributed by atoms with van der Waals surface area (Å²) in [5.41, 5.74) is 1.20. The zero-order valence-corrected chi connectivity index (χ0v) is 21.7. The van der Waals surface area contributed by atoms with Crippen LogP contribution in [-0.4, -0.2) is 46.3 Å². The topological polar surface area (TPSA) is 116 Å². The molecule has 1 aromatic carbocycles. The van der Waals surface area contributed by atoms with E-state index in [1.54, 1.807) is 19.1 Å². The van der Waals surface area contributed by atoms with Gasteiger partial charge in [-0.1, -0.05) is 17.7 Å². The molecule has 3 fully saturated rings. The number of ether oxygens (including phenoxy) is 1. The maximum atomic E-state index is 15.0. The lowest BCUT2D eigenvalue weighted by molar-refractivity contribution is -0.118. The highest BCUT2D eigenvalue weighted by Gasteiger charge is 2.40. The number of aromatic amines is 1. The molecule has 2 aliphatic carbocycles. The number of nitrogens with zero attached hydrogens (tertiary/aromatic N) is 2. The van der Waals surface area contributed by atoms with Crippen molar-refractivity contribution in [3.8, 4) is 0 Å². The highest BCUT2D eigenvalue weighted by molar-refractivity contribution is 6.32. The van der Waals surface area contributed by atoms with Crippen molar-refractivity contribution in [2.75, 3.05) is 16.8 Å². The molecule has 9 nitrogen and oxygen atoms in total. The van der Waals surface area contributed by atoms with Crippen LogP contribution < -0.4 is 15.5 Å². The molecular weight excluding hydrogens is 501 g/mol. The molecule has 3 atom stereocenters. The minimum absolute atomic E-state index is 0.117. The number of hydrogen-bond donors (Lipinski definition) is 3. The van der Waals surface area contributed by atoms with Crippen molar-refractivity contribution in [2.45, 2.75) is 82.3 Å². The van der Waals surface area contributed by atoms with Crippen LogP contribution in [0.15, 0.2) is 18.2 Å². The number of H-pyrrole nitrogens is 1. The van der Waals surface area contributed by atoms with Crippen molar-refractivity contribution >= 4 is 41.0 Å². The van der Waals surface area contributed by atoms with E-state index in [1.165, 1.54) is 11.0 Å². The first-order valence-corrected chi connectivity index (χ1v) is 13.1. The number of benzene rings is 1. The van der Waals surface area contributed by atoms with Gasteiger partial charge in [0, 0.05) is 36.2 Å². The molecule has 1 unspecified atom stereocenters. The number of amides is 3. The third-order valence-electron chi connectivity index (χ3n) is 7.67. The summed E-state index contributed by atoms with van der Waals surface area (Å²) >= 11 is 6.29. The van der Waals surface area contributed by atoms with Crippen molar-refractivity contribution in [1.82, 2.24) is 15.5 Å². The maximum absolute atomic E-state index is 15.0. The Balaban J connectivity index is 1.18. The number of aromatic nitrogens is 2. The molecule has 3 N–H and O–H groups in total. The van der Waals surface area contributed by atoms with Crippen molar-refractivity contribution in [2.24, 2.45) is 0 Å². The third-order valence-corrected chi connectivity index (χ3v) is 8.05. The molecule has 11 heteroatoms. The van der Waals surface area contributed by atoms with Gasteiger partial charge in [0.25, 0.3) is 0 Å². The van der Waals surface area contributed by atoms with E-state index >= 15 is 0 Å². The number of halogens is 2. The Morgan fingerprint density at radius 3 is 2.81 bits per heavy atom. The monoisotopic (exact) mass is 531 g/mol. The molecule has 1 saturated heterocycles. The molecule has 2 heterocycles. The number of alkyl carbamates (subject to hydrolysis) is 1. The van der Waals surface area contributed by atoms with Gasteiger partial charge in [-0.05, 0) is 64.0 Å². The quantitative estimate of drug-likeness (QED) is 0.465. The molecule has 0 radical (unpaired) electrons. The van der Waals surface area contributed by atoms with Gasteiger partial charge in [0.05, 0.1) is 16.6 Å². The van der Waals surface area contributed by atoms with E-state index < -0.39 is 11.7 Å². The SMILES string of the molecule is CC(C(=O)Nc1cc([C@H]2CC[C@@H](OC(=O)NC3(C)CC3)C2)[nH]n1)c1ccc(N2CCCC2=O)c(F)c1Cl. The second kappa shape index (κ2) is 9.96. The molecule has 198 valence electrons. The Morgan fingerprint density at radius 1 is 1.32 bits per heavy atom. The van der Waals surface area contributed by atoms with Gasteiger partial charge >= 0.3 is 6.09 Å². The smallest absolute Gasteiger partial charge is 0.407 e. The van der Waals surface area contributed by atoms with Gasteiger partial charge in [-0.2, -0.15) is 5.10 Å². The fourth-order valence-electron chi connectivity index (χ4n) is 5.05. The molecule has 1 aliphatic heterocycles. The van der Waals surface area contributed by atoms with E-state index in [1.807, 2.05) is 6.92 Å². The molecule has 1 aromatic heterocycles. The van der Waals surface area contributed by atoms with Crippen LogP contribution >= 0.6 is 11.6 Å². The molecule has 2 aromatic rings. The van der Waals surface area contributed by atoms with Crippen LogP contribution in [0.3, 0.4) is 0 Å². The number of hydrogen-bond acceptors (Lipinski definition) is 5. The van der Waals surface area contributed by atoms with Gasteiger partial charge in [0.2, 0.25) is 11.8 Å². The first-order valence-electron chi connectivity index (χ1n) is 12.8. The van der Waals surface area contributed by atoms with Gasteiger partial charge in [0.1, 0.15) is 6.10 Å². The lowest BCUT2D eigenvalue weighted by atomic mass is 9.99. The van der Waals surface area contributed by atoms with E-state index in [9.17, 15) is 18.8 Å². The van der Waals surface area contributed by atoms with E-state index in [-0.39, 0.29) is 46.2 Å². The number of carbonyl (C=O) groups is 3. The average molecular weight is 532 g/mol. The fraction of sp³-hybridized carbons (Fsp3) is 0.538. The second-order valence-electron chi connectivity index (χ2n) is 10.6. The lowest BCUT2D eigenvalue weighted by Gasteiger charge is -2.20. The predicted molar refractivity (Wildman–Crippen MR) is 136 cm³/mol. The Labute approximate surface area is 219 Å². The number of nitrogens with one attached hydrogen (secondary N) is 3. The van der Waals surface area contributed by atoms with Crippen LogP contribution in [0.2, 0.25) is 5.02 Å². The summed E-state index contributed by atoms with van der Waals surface area (Å²) in [5.74, 6) is -1.49. The van der Waals surface area contributed by atoms with E-state index in [0.717, 1.165) is 31.4 Å². The molecule has 2 saturated carbocycles. The van der Waals surface area contributed by atoms with Gasteiger partial charge in [-0.15, -0.1) is 0 Å². The Bertz CT molecular complexity index is 1230. The van der Waals surface area contributed by atoms with Crippen LogP contribution in [-0.2, 0) is 14.3 Å².